The van der Waals surface area contributed by atoms with Gasteiger partial charge in [-0.25, -0.2) is 4.79 Å². The van der Waals surface area contributed by atoms with Crippen LogP contribution >= 0.6 is 0 Å². The maximum Gasteiger partial charge on any atom is 0.331 e. The molecule has 7 nitrogen and oxygen atoms in total. The van der Waals surface area contributed by atoms with Gasteiger partial charge in [-0.15, -0.1) is 0 Å². The molecule has 0 aliphatic carbocycles. The van der Waals surface area contributed by atoms with Crippen molar-refractivity contribution in [2.24, 2.45) is 0 Å². The van der Waals surface area contributed by atoms with Crippen molar-refractivity contribution in [2.45, 2.75) is 13.0 Å². The molecule has 2 aromatic carbocycles. The predicted octanol–water partition coefficient (Wildman–Crippen LogP) is 2.86. The Morgan fingerprint density at radius 2 is 2.00 bits per heavy atom. The van der Waals surface area contributed by atoms with E-state index in [2.05, 4.69) is 5.32 Å². The fraction of sp³-hybridized carbons (Fsp3) is 0.238. The Kier molecular flexibility index (Phi) is 6.16. The van der Waals surface area contributed by atoms with Gasteiger partial charge in [-0.05, 0) is 48.4 Å². The number of methoxy groups -OCH3 is 1. The smallest absolute Gasteiger partial charge is 0.331 e. The molecule has 1 atom stereocenters. The first kappa shape index (κ1) is 19.3. The van der Waals surface area contributed by atoms with Crippen molar-refractivity contribution in [2.75, 3.05) is 20.5 Å². The average molecular weight is 383 g/mol. The number of ether oxygens (including phenoxy) is 4. The van der Waals surface area contributed by atoms with Crippen LogP contribution in [0.4, 0.5) is 0 Å². The third-order valence-electron chi connectivity index (χ3n) is 4.13. The van der Waals surface area contributed by atoms with Gasteiger partial charge in [0.15, 0.2) is 18.1 Å². The van der Waals surface area contributed by atoms with E-state index in [9.17, 15) is 9.59 Å². The number of amides is 1. The van der Waals surface area contributed by atoms with Gasteiger partial charge >= 0.3 is 5.97 Å². The van der Waals surface area contributed by atoms with Gasteiger partial charge in [0.1, 0.15) is 5.75 Å². The van der Waals surface area contributed by atoms with Crippen LogP contribution in [0.25, 0.3) is 6.08 Å². The summed E-state index contributed by atoms with van der Waals surface area (Å²) in [5.41, 5.74) is 1.65. The van der Waals surface area contributed by atoms with Crippen molar-refractivity contribution < 1.29 is 28.5 Å². The van der Waals surface area contributed by atoms with Gasteiger partial charge in [0.25, 0.3) is 5.91 Å². The summed E-state index contributed by atoms with van der Waals surface area (Å²) in [6.07, 6.45) is 2.86. The molecule has 0 bridgehead atoms. The molecule has 0 aromatic heterocycles. The van der Waals surface area contributed by atoms with E-state index in [1.165, 1.54) is 6.08 Å². The summed E-state index contributed by atoms with van der Waals surface area (Å²) in [6.45, 7) is 1.66. The highest BCUT2D eigenvalue weighted by atomic mass is 16.7. The van der Waals surface area contributed by atoms with Gasteiger partial charge in [0.2, 0.25) is 6.79 Å². The van der Waals surface area contributed by atoms with Gasteiger partial charge < -0.3 is 24.3 Å². The largest absolute Gasteiger partial charge is 0.497 e. The minimum absolute atomic E-state index is 0.193. The Balaban J connectivity index is 1.46. The highest BCUT2D eigenvalue weighted by Crippen LogP contribution is 2.34. The lowest BCUT2D eigenvalue weighted by Crippen LogP contribution is -2.30. The summed E-state index contributed by atoms with van der Waals surface area (Å²) < 4.78 is 20.7. The minimum atomic E-state index is -0.603. The van der Waals surface area contributed by atoms with Gasteiger partial charge in [0, 0.05) is 6.08 Å². The SMILES string of the molecule is COc1cccc(/C=C/C(=O)OCC(=O)N[C@H](C)c2ccc3c(c2)OCO3)c1. The molecule has 0 saturated carbocycles. The Labute approximate surface area is 162 Å². The second kappa shape index (κ2) is 8.94. The summed E-state index contributed by atoms with van der Waals surface area (Å²) in [4.78, 5) is 23.8. The van der Waals surface area contributed by atoms with E-state index in [0.29, 0.717) is 17.2 Å². The van der Waals surface area contributed by atoms with E-state index in [-0.39, 0.29) is 19.4 Å². The molecule has 1 heterocycles. The molecule has 1 aliphatic rings. The van der Waals surface area contributed by atoms with Crippen molar-refractivity contribution in [3.8, 4) is 17.2 Å². The number of nitrogens with one attached hydrogen (secondary N) is 1. The second-order valence-corrected chi connectivity index (χ2v) is 6.12. The number of carbonyl (C=O) groups excluding carboxylic acids is 2. The fourth-order valence-electron chi connectivity index (χ4n) is 2.64. The van der Waals surface area contributed by atoms with Gasteiger partial charge in [-0.3, -0.25) is 4.79 Å². The number of benzene rings is 2. The topological polar surface area (TPSA) is 83.1 Å². The Hall–Kier alpha value is -3.48. The predicted molar refractivity (Wildman–Crippen MR) is 102 cm³/mol. The minimum Gasteiger partial charge on any atom is -0.497 e. The van der Waals surface area contributed by atoms with Crippen LogP contribution in [0.15, 0.2) is 48.5 Å². The van der Waals surface area contributed by atoms with Crippen molar-refractivity contribution in [1.82, 2.24) is 5.32 Å². The highest BCUT2D eigenvalue weighted by Gasteiger charge is 2.17. The molecule has 0 saturated heterocycles. The van der Waals surface area contributed by atoms with Gasteiger partial charge in [-0.1, -0.05) is 18.2 Å². The van der Waals surface area contributed by atoms with E-state index >= 15 is 0 Å². The zero-order chi connectivity index (χ0) is 19.9. The summed E-state index contributed by atoms with van der Waals surface area (Å²) in [5, 5.41) is 2.78. The molecule has 7 heteroatoms. The van der Waals surface area contributed by atoms with E-state index in [4.69, 9.17) is 18.9 Å². The zero-order valence-electron chi connectivity index (χ0n) is 15.6. The molecule has 2 aromatic rings. The zero-order valence-corrected chi connectivity index (χ0v) is 15.6. The molecule has 1 amide bonds. The molecule has 1 N–H and O–H groups in total. The molecule has 0 spiro atoms. The normalized spacial score (nSPS) is 13.2. The fourth-order valence-corrected chi connectivity index (χ4v) is 2.64. The van der Waals surface area contributed by atoms with Crippen LogP contribution < -0.4 is 19.5 Å². The number of fused-ring (bicyclic) bond motifs is 1. The first-order chi connectivity index (χ1) is 13.5. The molecule has 0 radical (unpaired) electrons. The first-order valence-corrected chi connectivity index (χ1v) is 8.73. The van der Waals surface area contributed by atoms with Crippen molar-refractivity contribution in [3.63, 3.8) is 0 Å². The van der Waals surface area contributed by atoms with Crippen LogP contribution in [0, 0.1) is 0 Å². The number of carbonyl (C=O) groups is 2. The Bertz CT molecular complexity index is 892. The molecular weight excluding hydrogens is 362 g/mol. The quantitative estimate of drug-likeness (QED) is 0.585. The van der Waals surface area contributed by atoms with Crippen molar-refractivity contribution >= 4 is 18.0 Å². The standard InChI is InChI=1S/C21H21NO6/c1-14(16-7-8-18-19(11-16)28-13-27-18)22-20(23)12-26-21(24)9-6-15-4-3-5-17(10-15)25-2/h3-11,14H,12-13H2,1-2H3,(H,22,23)/b9-6+/t14-/m1/s1. The summed E-state index contributed by atoms with van der Waals surface area (Å²) in [5.74, 6) is 1.01. The molecule has 0 fully saturated rings. The molecule has 3 rings (SSSR count). The third kappa shape index (κ3) is 5.03. The maximum atomic E-state index is 12.0. The first-order valence-electron chi connectivity index (χ1n) is 8.73. The van der Waals surface area contributed by atoms with E-state index in [1.54, 1.807) is 31.4 Å². The Morgan fingerprint density at radius 1 is 1.18 bits per heavy atom. The number of hydrogen-bond donors (Lipinski definition) is 1. The highest BCUT2D eigenvalue weighted by molar-refractivity contribution is 5.89. The van der Waals surface area contributed by atoms with E-state index in [1.807, 2.05) is 31.2 Å². The average Bonchev–Trinajstić information content (AvgIpc) is 3.18. The van der Waals surface area contributed by atoms with Crippen LogP contribution in [-0.4, -0.2) is 32.4 Å². The van der Waals surface area contributed by atoms with E-state index in [0.717, 1.165) is 11.1 Å². The molecular formula is C21H21NO6. The van der Waals surface area contributed by atoms with Crippen LogP contribution in [0.2, 0.25) is 0 Å². The maximum absolute atomic E-state index is 12.0. The van der Waals surface area contributed by atoms with E-state index < -0.39 is 11.9 Å². The van der Waals surface area contributed by atoms with Crippen LogP contribution in [0.3, 0.4) is 0 Å². The van der Waals surface area contributed by atoms with Crippen LogP contribution in [-0.2, 0) is 14.3 Å². The monoisotopic (exact) mass is 383 g/mol. The number of rotatable bonds is 7. The second-order valence-electron chi connectivity index (χ2n) is 6.12. The molecule has 28 heavy (non-hydrogen) atoms. The molecule has 146 valence electrons. The van der Waals surface area contributed by atoms with Gasteiger partial charge in [-0.2, -0.15) is 0 Å². The van der Waals surface area contributed by atoms with Crippen molar-refractivity contribution in [3.05, 3.63) is 59.7 Å². The van der Waals surface area contributed by atoms with Crippen LogP contribution in [0.5, 0.6) is 17.2 Å². The summed E-state index contributed by atoms with van der Waals surface area (Å²) >= 11 is 0. The van der Waals surface area contributed by atoms with Crippen molar-refractivity contribution in [1.29, 1.82) is 0 Å². The Morgan fingerprint density at radius 3 is 2.82 bits per heavy atom. The molecule has 0 unspecified atom stereocenters. The number of esters is 1. The molecule has 1 aliphatic heterocycles. The van der Waals surface area contributed by atoms with Crippen LogP contribution in [0.1, 0.15) is 24.1 Å². The lowest BCUT2D eigenvalue weighted by Gasteiger charge is -2.14. The lowest BCUT2D eigenvalue weighted by atomic mass is 10.1. The lowest BCUT2D eigenvalue weighted by molar-refractivity contribution is -0.144. The van der Waals surface area contributed by atoms with Gasteiger partial charge in [0.05, 0.1) is 13.2 Å². The summed E-state index contributed by atoms with van der Waals surface area (Å²) in [7, 11) is 1.57. The third-order valence-corrected chi connectivity index (χ3v) is 4.13. The summed E-state index contributed by atoms with van der Waals surface area (Å²) in [6, 6.07) is 12.4. The number of hydrogen-bond acceptors (Lipinski definition) is 6.